The average molecular weight is 441 g/mol. The molecular formula is C25H32N2O5. The van der Waals surface area contributed by atoms with Gasteiger partial charge in [0.25, 0.3) is 0 Å². The van der Waals surface area contributed by atoms with Crippen LogP contribution in [0.4, 0.5) is 9.59 Å². The van der Waals surface area contributed by atoms with Gasteiger partial charge in [0.2, 0.25) is 0 Å². The van der Waals surface area contributed by atoms with Crippen LogP contribution in [0.3, 0.4) is 0 Å². The average Bonchev–Trinajstić information content (AvgIpc) is 3.01. The second-order valence-electron chi connectivity index (χ2n) is 10.2. The monoisotopic (exact) mass is 440 g/mol. The van der Waals surface area contributed by atoms with Crippen LogP contribution in [0.15, 0.2) is 42.8 Å². The molecule has 0 bridgehead atoms. The van der Waals surface area contributed by atoms with Crippen molar-refractivity contribution in [1.29, 1.82) is 0 Å². The maximum absolute atomic E-state index is 12.9. The molecule has 0 aliphatic heterocycles. The van der Waals surface area contributed by atoms with Crippen molar-refractivity contribution < 1.29 is 24.2 Å². The van der Waals surface area contributed by atoms with E-state index in [9.17, 15) is 14.7 Å². The van der Waals surface area contributed by atoms with Crippen LogP contribution in [0.5, 0.6) is 0 Å². The number of aromatic nitrogens is 1. The van der Waals surface area contributed by atoms with E-state index >= 15 is 0 Å². The fourth-order valence-electron chi connectivity index (χ4n) is 4.09. The molecule has 1 aliphatic rings. The largest absolute Gasteiger partial charge is 0.444 e. The highest BCUT2D eigenvalue weighted by Gasteiger charge is 2.46. The van der Waals surface area contributed by atoms with E-state index in [1.165, 1.54) is 15.5 Å². The van der Waals surface area contributed by atoms with Gasteiger partial charge in [-0.1, -0.05) is 18.7 Å². The van der Waals surface area contributed by atoms with Gasteiger partial charge in [0.1, 0.15) is 16.8 Å². The molecule has 0 saturated carbocycles. The lowest BCUT2D eigenvalue weighted by Gasteiger charge is -2.42. The summed E-state index contributed by atoms with van der Waals surface area (Å²) in [7, 11) is 1.59. The van der Waals surface area contributed by atoms with Crippen molar-refractivity contribution >= 4 is 23.1 Å². The molecule has 1 aliphatic carbocycles. The molecule has 0 saturated heterocycles. The summed E-state index contributed by atoms with van der Waals surface area (Å²) in [5.41, 5.74) is 1.79. The van der Waals surface area contributed by atoms with Crippen molar-refractivity contribution in [2.75, 3.05) is 7.05 Å². The van der Waals surface area contributed by atoms with Crippen LogP contribution in [0.1, 0.15) is 52.7 Å². The van der Waals surface area contributed by atoms with Crippen molar-refractivity contribution in [1.82, 2.24) is 9.47 Å². The lowest BCUT2D eigenvalue weighted by atomic mass is 9.75. The molecular weight excluding hydrogens is 408 g/mol. The highest BCUT2D eigenvalue weighted by Crippen LogP contribution is 2.43. The quantitative estimate of drug-likeness (QED) is 0.682. The fourth-order valence-corrected chi connectivity index (χ4v) is 4.09. The molecule has 0 unspecified atom stereocenters. The minimum Gasteiger partial charge on any atom is -0.444 e. The zero-order valence-electron chi connectivity index (χ0n) is 19.9. The number of likely N-dealkylation sites (N-methyl/N-ethyl adjacent to an activating group) is 1. The molecule has 2 atom stereocenters. The molecule has 32 heavy (non-hydrogen) atoms. The van der Waals surface area contributed by atoms with Gasteiger partial charge in [0.15, 0.2) is 0 Å². The minimum absolute atomic E-state index is 0.299. The summed E-state index contributed by atoms with van der Waals surface area (Å²) in [6.07, 6.45) is 2.41. The zero-order chi connectivity index (χ0) is 24.1. The highest BCUT2D eigenvalue weighted by molar-refractivity contribution is 5.96. The third-order valence-electron chi connectivity index (χ3n) is 5.32. The molecule has 0 radical (unpaired) electrons. The molecule has 1 aromatic carbocycles. The van der Waals surface area contributed by atoms with E-state index in [1.807, 2.05) is 6.07 Å². The van der Waals surface area contributed by atoms with Crippen LogP contribution >= 0.6 is 0 Å². The number of carbonyl (C=O) groups excluding carboxylic acids is 2. The molecule has 2 aromatic rings. The van der Waals surface area contributed by atoms with Gasteiger partial charge in [0, 0.05) is 18.6 Å². The summed E-state index contributed by atoms with van der Waals surface area (Å²) in [5.74, 6) is 0. The number of hydrogen-bond donors (Lipinski definition) is 1. The standard InChI is InChI=1S/C25H32N2O5/c1-9-13-25(30)17-11-10-12-18-20(17)16(15-27(18)22(29)32-24(5,6)7)14-19(25)26(8)21(28)31-23(2,3)4/h10-13,15,19,30H,1,14H2,2-8H3/t19-,25+/m1/s1. The first-order valence-electron chi connectivity index (χ1n) is 10.6. The maximum Gasteiger partial charge on any atom is 0.419 e. The second kappa shape index (κ2) is 7.84. The summed E-state index contributed by atoms with van der Waals surface area (Å²) in [4.78, 5) is 27.1. The lowest BCUT2D eigenvalue weighted by Crippen LogP contribution is -2.54. The molecule has 172 valence electrons. The van der Waals surface area contributed by atoms with E-state index < -0.39 is 35.0 Å². The molecule has 0 fully saturated rings. The topological polar surface area (TPSA) is 81.0 Å². The molecule has 3 rings (SSSR count). The molecule has 1 heterocycles. The van der Waals surface area contributed by atoms with Gasteiger partial charge in [-0.3, -0.25) is 4.57 Å². The Hall–Kier alpha value is -3.02. The Bertz CT molecular complexity index is 1110. The Morgan fingerprint density at radius 1 is 1.22 bits per heavy atom. The van der Waals surface area contributed by atoms with Gasteiger partial charge in [-0.25, -0.2) is 9.59 Å². The van der Waals surface area contributed by atoms with E-state index in [1.54, 1.807) is 66.9 Å². The second-order valence-corrected chi connectivity index (χ2v) is 10.2. The van der Waals surface area contributed by atoms with E-state index in [0.717, 1.165) is 10.9 Å². The third kappa shape index (κ3) is 4.31. The summed E-state index contributed by atoms with van der Waals surface area (Å²) in [6, 6.07) is 4.66. The first kappa shape index (κ1) is 23.6. The molecule has 1 aromatic heterocycles. The molecule has 0 spiro atoms. The zero-order valence-corrected chi connectivity index (χ0v) is 19.9. The normalized spacial score (nSPS) is 20.4. The third-order valence-corrected chi connectivity index (χ3v) is 5.32. The van der Waals surface area contributed by atoms with E-state index in [2.05, 4.69) is 12.3 Å². The predicted molar refractivity (Wildman–Crippen MR) is 123 cm³/mol. The predicted octanol–water partition coefficient (Wildman–Crippen LogP) is 4.74. The lowest BCUT2D eigenvalue weighted by molar-refractivity contribution is -0.0275. The molecule has 7 heteroatoms. The van der Waals surface area contributed by atoms with E-state index in [-0.39, 0.29) is 0 Å². The number of benzene rings is 1. The number of rotatable bonds is 2. The Morgan fingerprint density at radius 2 is 1.84 bits per heavy atom. The SMILES string of the molecule is C=C=C[C@]1(O)c2cccc3c2c(cn3C(=O)OC(C)(C)C)C[C@H]1N(C)C(=O)OC(C)(C)C. The summed E-state index contributed by atoms with van der Waals surface area (Å²) < 4.78 is 12.5. The number of aliphatic hydroxyl groups is 1. The van der Waals surface area contributed by atoms with Gasteiger partial charge in [-0.2, -0.15) is 0 Å². The van der Waals surface area contributed by atoms with Crippen LogP contribution in [0, 0.1) is 0 Å². The van der Waals surface area contributed by atoms with Gasteiger partial charge in [-0.05, 0) is 71.2 Å². The van der Waals surface area contributed by atoms with Crippen LogP contribution in [-0.2, 0) is 21.5 Å². The summed E-state index contributed by atoms with van der Waals surface area (Å²) >= 11 is 0. The maximum atomic E-state index is 12.9. The Morgan fingerprint density at radius 3 is 2.41 bits per heavy atom. The minimum atomic E-state index is -1.57. The van der Waals surface area contributed by atoms with Crippen LogP contribution < -0.4 is 0 Å². The number of hydrogen-bond acceptors (Lipinski definition) is 5. The van der Waals surface area contributed by atoms with E-state index in [0.29, 0.717) is 17.5 Å². The van der Waals surface area contributed by atoms with Crippen molar-refractivity contribution in [3.63, 3.8) is 0 Å². The van der Waals surface area contributed by atoms with Crippen molar-refractivity contribution in [2.24, 2.45) is 0 Å². The number of amides is 1. The van der Waals surface area contributed by atoms with E-state index in [4.69, 9.17) is 9.47 Å². The smallest absolute Gasteiger partial charge is 0.419 e. The van der Waals surface area contributed by atoms with Crippen molar-refractivity contribution in [2.45, 2.75) is 70.8 Å². The molecule has 1 N–H and O–H groups in total. The van der Waals surface area contributed by atoms with Crippen LogP contribution in [0.25, 0.3) is 10.9 Å². The van der Waals surface area contributed by atoms with Crippen molar-refractivity contribution in [3.05, 3.63) is 53.9 Å². The number of carbonyl (C=O) groups is 2. The number of nitrogens with zero attached hydrogens (tertiary/aromatic N) is 2. The molecule has 1 amide bonds. The Labute approximate surface area is 188 Å². The van der Waals surface area contributed by atoms with Gasteiger partial charge in [-0.15, -0.1) is 5.73 Å². The first-order valence-corrected chi connectivity index (χ1v) is 10.6. The van der Waals surface area contributed by atoms with Crippen molar-refractivity contribution in [3.8, 4) is 0 Å². The number of ether oxygens (including phenoxy) is 2. The van der Waals surface area contributed by atoms with Gasteiger partial charge in [0.05, 0.1) is 11.6 Å². The van der Waals surface area contributed by atoms with Crippen LogP contribution in [0.2, 0.25) is 0 Å². The summed E-state index contributed by atoms with van der Waals surface area (Å²) in [5, 5.41) is 12.6. The fraction of sp³-hybridized carbons (Fsp3) is 0.480. The first-order chi connectivity index (χ1) is 14.7. The Balaban J connectivity index is 2.15. The summed E-state index contributed by atoms with van der Waals surface area (Å²) in [6.45, 7) is 14.4. The highest BCUT2D eigenvalue weighted by atomic mass is 16.6. The molecule has 7 nitrogen and oxygen atoms in total. The Kier molecular flexibility index (Phi) is 5.79. The van der Waals surface area contributed by atoms with Gasteiger partial charge >= 0.3 is 12.2 Å². The van der Waals surface area contributed by atoms with Crippen LogP contribution in [-0.4, -0.2) is 51.1 Å². The van der Waals surface area contributed by atoms with Gasteiger partial charge < -0.3 is 19.5 Å².